The van der Waals surface area contributed by atoms with Gasteiger partial charge in [0.2, 0.25) is 0 Å². The van der Waals surface area contributed by atoms with Crippen molar-refractivity contribution >= 4 is 17.3 Å². The monoisotopic (exact) mass is 408 g/mol. The van der Waals surface area contributed by atoms with Crippen LogP contribution in [0.1, 0.15) is 29.7 Å². The van der Waals surface area contributed by atoms with Crippen molar-refractivity contribution in [2.45, 2.75) is 32.7 Å². The van der Waals surface area contributed by atoms with Crippen molar-refractivity contribution < 1.29 is 5.11 Å². The topological polar surface area (TPSA) is 90.5 Å². The van der Waals surface area contributed by atoms with E-state index in [2.05, 4.69) is 43.8 Å². The summed E-state index contributed by atoms with van der Waals surface area (Å²) in [4.78, 5) is 13.6. The standard InChI is InChI=1S/C23H32N6O/c1-16-10-21-20(23(24)27-16)11-17(2)29(21)14-18-5-6-22(26-12-18)25-7-9-28-8-3-4-19(13-28)15-30/h5-6,10,12,19,30H,2-4,7-9,11,13-15H2,1H3,(H2,24,27)(H,25,26). The van der Waals surface area contributed by atoms with Crippen molar-refractivity contribution in [3.8, 4) is 0 Å². The molecule has 2 aromatic heterocycles. The van der Waals surface area contributed by atoms with E-state index in [4.69, 9.17) is 5.73 Å². The minimum absolute atomic E-state index is 0.295. The summed E-state index contributed by atoms with van der Waals surface area (Å²) in [6.07, 6.45) is 4.98. The maximum atomic E-state index is 9.37. The van der Waals surface area contributed by atoms with E-state index in [-0.39, 0.29) is 0 Å². The van der Waals surface area contributed by atoms with Gasteiger partial charge in [0.15, 0.2) is 0 Å². The Morgan fingerprint density at radius 2 is 2.23 bits per heavy atom. The zero-order valence-corrected chi connectivity index (χ0v) is 17.8. The van der Waals surface area contributed by atoms with E-state index < -0.39 is 0 Å². The molecule has 1 fully saturated rings. The molecule has 2 aliphatic rings. The lowest BCUT2D eigenvalue weighted by Crippen LogP contribution is -2.39. The number of fused-ring (bicyclic) bond motifs is 1. The lowest BCUT2D eigenvalue weighted by Gasteiger charge is -2.31. The molecule has 1 unspecified atom stereocenters. The summed E-state index contributed by atoms with van der Waals surface area (Å²) in [6, 6.07) is 6.23. The summed E-state index contributed by atoms with van der Waals surface area (Å²) >= 11 is 0. The van der Waals surface area contributed by atoms with E-state index in [0.717, 1.165) is 79.6 Å². The molecule has 0 radical (unpaired) electrons. The summed E-state index contributed by atoms with van der Waals surface area (Å²) in [5.41, 5.74) is 11.4. The maximum Gasteiger partial charge on any atom is 0.129 e. The van der Waals surface area contributed by atoms with Gasteiger partial charge in [0, 0.05) is 62.4 Å². The number of rotatable bonds is 7. The number of aliphatic hydroxyl groups excluding tert-OH is 1. The van der Waals surface area contributed by atoms with Crippen LogP contribution in [0.4, 0.5) is 17.3 Å². The fraction of sp³-hybridized carbons (Fsp3) is 0.478. The van der Waals surface area contributed by atoms with Gasteiger partial charge in [0.25, 0.3) is 0 Å². The zero-order valence-electron chi connectivity index (χ0n) is 17.8. The number of nitrogens with one attached hydrogen (secondary N) is 1. The van der Waals surface area contributed by atoms with E-state index in [1.807, 2.05) is 19.2 Å². The van der Waals surface area contributed by atoms with Gasteiger partial charge in [-0.05, 0) is 49.9 Å². The molecule has 0 spiro atoms. The predicted octanol–water partition coefficient (Wildman–Crippen LogP) is 2.56. The first kappa shape index (κ1) is 20.6. The van der Waals surface area contributed by atoms with Crippen molar-refractivity contribution in [1.29, 1.82) is 0 Å². The number of nitrogen functional groups attached to an aromatic ring is 1. The second-order valence-corrected chi connectivity index (χ2v) is 8.45. The van der Waals surface area contributed by atoms with Crippen LogP contribution in [0, 0.1) is 12.8 Å². The third-order valence-corrected chi connectivity index (χ3v) is 6.08. The van der Waals surface area contributed by atoms with Crippen molar-refractivity contribution in [2.75, 3.05) is 48.7 Å². The Bertz CT molecular complexity index is 897. The van der Waals surface area contributed by atoms with Gasteiger partial charge in [-0.15, -0.1) is 0 Å². The van der Waals surface area contributed by atoms with E-state index in [0.29, 0.717) is 18.3 Å². The SMILES string of the molecule is C=C1Cc2c(cc(C)nc2N)N1Cc1ccc(NCCN2CCCC(CO)C2)nc1. The number of nitrogens with zero attached hydrogens (tertiary/aromatic N) is 4. The fourth-order valence-electron chi connectivity index (χ4n) is 4.45. The molecule has 0 aromatic carbocycles. The molecule has 7 heteroatoms. The number of allylic oxidation sites excluding steroid dienone is 1. The highest BCUT2D eigenvalue weighted by Crippen LogP contribution is 2.38. The van der Waals surface area contributed by atoms with Gasteiger partial charge < -0.3 is 26.0 Å². The number of aliphatic hydroxyl groups is 1. The number of anilines is 3. The Morgan fingerprint density at radius 3 is 3.00 bits per heavy atom. The highest BCUT2D eigenvalue weighted by molar-refractivity contribution is 5.71. The Hall–Kier alpha value is -2.64. The highest BCUT2D eigenvalue weighted by Gasteiger charge is 2.26. The summed E-state index contributed by atoms with van der Waals surface area (Å²) in [5.74, 6) is 1.92. The Kier molecular flexibility index (Phi) is 6.20. The van der Waals surface area contributed by atoms with Crippen LogP contribution in [0.25, 0.3) is 0 Å². The number of piperidine rings is 1. The summed E-state index contributed by atoms with van der Waals surface area (Å²) in [5, 5.41) is 12.8. The largest absolute Gasteiger partial charge is 0.396 e. The number of hydrogen-bond acceptors (Lipinski definition) is 7. The van der Waals surface area contributed by atoms with Crippen LogP contribution in [-0.2, 0) is 13.0 Å². The Labute approximate surface area is 178 Å². The van der Waals surface area contributed by atoms with Gasteiger partial charge >= 0.3 is 0 Å². The minimum Gasteiger partial charge on any atom is -0.396 e. The van der Waals surface area contributed by atoms with E-state index in [9.17, 15) is 5.11 Å². The van der Waals surface area contributed by atoms with Crippen molar-refractivity contribution in [1.82, 2.24) is 14.9 Å². The molecule has 2 aromatic rings. The first-order chi connectivity index (χ1) is 14.5. The quantitative estimate of drug-likeness (QED) is 0.649. The second kappa shape index (κ2) is 9.02. The molecule has 2 aliphatic heterocycles. The lowest BCUT2D eigenvalue weighted by molar-refractivity contribution is 0.123. The lowest BCUT2D eigenvalue weighted by atomic mass is 9.99. The summed E-state index contributed by atoms with van der Waals surface area (Å²) < 4.78 is 0. The third-order valence-electron chi connectivity index (χ3n) is 6.08. The third kappa shape index (κ3) is 4.57. The summed E-state index contributed by atoms with van der Waals surface area (Å²) in [7, 11) is 0. The van der Waals surface area contributed by atoms with Crippen LogP contribution in [0.5, 0.6) is 0 Å². The van der Waals surface area contributed by atoms with Crippen LogP contribution in [0.2, 0.25) is 0 Å². The molecule has 1 saturated heterocycles. The molecule has 0 bridgehead atoms. The predicted molar refractivity (Wildman–Crippen MR) is 121 cm³/mol. The molecule has 1 atom stereocenters. The minimum atomic E-state index is 0.295. The summed E-state index contributed by atoms with van der Waals surface area (Å²) in [6.45, 7) is 11.1. The van der Waals surface area contributed by atoms with Crippen LogP contribution in [0.3, 0.4) is 0 Å². The van der Waals surface area contributed by atoms with Gasteiger partial charge in [0.05, 0.1) is 5.69 Å². The van der Waals surface area contributed by atoms with Crippen LogP contribution in [0.15, 0.2) is 36.7 Å². The average Bonchev–Trinajstić information content (AvgIpc) is 3.05. The first-order valence-electron chi connectivity index (χ1n) is 10.8. The molecular weight excluding hydrogens is 376 g/mol. The van der Waals surface area contributed by atoms with Gasteiger partial charge in [-0.2, -0.15) is 0 Å². The van der Waals surface area contributed by atoms with Crippen LogP contribution >= 0.6 is 0 Å². The molecular formula is C23H32N6O. The highest BCUT2D eigenvalue weighted by atomic mass is 16.3. The van der Waals surface area contributed by atoms with E-state index in [1.54, 1.807) is 0 Å². The van der Waals surface area contributed by atoms with Gasteiger partial charge in [-0.25, -0.2) is 9.97 Å². The normalized spacial score (nSPS) is 19.2. The Balaban J connectivity index is 1.32. The van der Waals surface area contributed by atoms with Gasteiger partial charge in [0.1, 0.15) is 11.6 Å². The fourth-order valence-corrected chi connectivity index (χ4v) is 4.45. The molecule has 0 aliphatic carbocycles. The van der Waals surface area contributed by atoms with Crippen LogP contribution in [-0.4, -0.2) is 52.8 Å². The van der Waals surface area contributed by atoms with E-state index in [1.165, 1.54) is 6.42 Å². The van der Waals surface area contributed by atoms with Crippen LogP contribution < -0.4 is 16.0 Å². The molecule has 4 heterocycles. The first-order valence-corrected chi connectivity index (χ1v) is 10.8. The number of nitrogens with two attached hydrogens (primary N) is 1. The van der Waals surface area contributed by atoms with Crippen molar-refractivity contribution in [3.63, 3.8) is 0 Å². The average molecular weight is 409 g/mol. The number of aryl methyl sites for hydroxylation is 1. The number of aromatic nitrogens is 2. The zero-order chi connectivity index (χ0) is 21.1. The molecule has 160 valence electrons. The molecule has 0 amide bonds. The second-order valence-electron chi connectivity index (χ2n) is 8.45. The smallest absolute Gasteiger partial charge is 0.129 e. The number of hydrogen-bond donors (Lipinski definition) is 3. The molecule has 0 saturated carbocycles. The maximum absolute atomic E-state index is 9.37. The van der Waals surface area contributed by atoms with Gasteiger partial charge in [-0.3, -0.25) is 0 Å². The number of pyridine rings is 2. The number of likely N-dealkylation sites (tertiary alicyclic amines) is 1. The van der Waals surface area contributed by atoms with Crippen molar-refractivity contribution in [2.24, 2.45) is 5.92 Å². The van der Waals surface area contributed by atoms with E-state index >= 15 is 0 Å². The van der Waals surface area contributed by atoms with Gasteiger partial charge in [-0.1, -0.05) is 12.6 Å². The molecule has 4 N–H and O–H groups in total. The van der Waals surface area contributed by atoms with Crippen molar-refractivity contribution in [3.05, 3.63) is 53.5 Å². The molecule has 30 heavy (non-hydrogen) atoms. The molecule has 7 nitrogen and oxygen atoms in total. The molecule has 4 rings (SSSR count). The Morgan fingerprint density at radius 1 is 1.37 bits per heavy atom.